The van der Waals surface area contributed by atoms with E-state index in [2.05, 4.69) is 5.32 Å². The third-order valence-corrected chi connectivity index (χ3v) is 4.41. The number of hydrogen-bond acceptors (Lipinski definition) is 4. The van der Waals surface area contributed by atoms with Gasteiger partial charge in [0.1, 0.15) is 0 Å². The fourth-order valence-corrected chi connectivity index (χ4v) is 2.99. The number of anilines is 1. The lowest BCUT2D eigenvalue weighted by Gasteiger charge is -2.20. The molecule has 0 aliphatic carbocycles. The number of ether oxygens (including phenoxy) is 2. The van der Waals surface area contributed by atoms with E-state index < -0.39 is 0 Å². The summed E-state index contributed by atoms with van der Waals surface area (Å²) in [6, 6.07) is 25.0. The number of para-hydroxylation sites is 1. The summed E-state index contributed by atoms with van der Waals surface area (Å²) in [6.45, 7) is 0. The molecular weight excluding hydrogens is 338 g/mol. The van der Waals surface area contributed by atoms with Crippen molar-refractivity contribution in [2.24, 2.45) is 0 Å². The largest absolute Gasteiger partial charge is 0.493 e. The van der Waals surface area contributed by atoms with E-state index in [0.29, 0.717) is 23.5 Å². The van der Waals surface area contributed by atoms with E-state index in [1.165, 1.54) is 0 Å². The molecule has 27 heavy (non-hydrogen) atoms. The fraction of sp³-hybridized carbons (Fsp3) is 0.174. The van der Waals surface area contributed by atoms with Crippen molar-refractivity contribution in [3.8, 4) is 11.5 Å². The monoisotopic (exact) mass is 361 g/mol. The predicted molar refractivity (Wildman–Crippen MR) is 108 cm³/mol. The number of carbonyl (C=O) groups is 1. The summed E-state index contributed by atoms with van der Waals surface area (Å²) in [5.41, 5.74) is 2.64. The van der Waals surface area contributed by atoms with E-state index in [-0.39, 0.29) is 11.8 Å². The van der Waals surface area contributed by atoms with Gasteiger partial charge in [0.05, 0.1) is 20.3 Å². The van der Waals surface area contributed by atoms with Gasteiger partial charge in [0.2, 0.25) is 0 Å². The van der Waals surface area contributed by atoms with Crippen LogP contribution in [0.1, 0.15) is 28.4 Å². The molecule has 0 heterocycles. The molecule has 0 fully saturated rings. The number of ketones is 1. The maximum Gasteiger partial charge on any atom is 0.165 e. The third kappa shape index (κ3) is 4.67. The van der Waals surface area contributed by atoms with Crippen LogP contribution in [0.25, 0.3) is 0 Å². The minimum absolute atomic E-state index is 0.0354. The fourth-order valence-electron chi connectivity index (χ4n) is 2.99. The number of methoxy groups -OCH3 is 2. The minimum atomic E-state index is -0.130. The van der Waals surface area contributed by atoms with Crippen molar-refractivity contribution < 1.29 is 14.3 Å². The molecule has 1 atom stereocenters. The first kappa shape index (κ1) is 18.5. The topological polar surface area (TPSA) is 47.6 Å². The molecule has 1 unspecified atom stereocenters. The van der Waals surface area contributed by atoms with Gasteiger partial charge in [-0.25, -0.2) is 0 Å². The quantitative estimate of drug-likeness (QED) is 0.565. The molecule has 3 rings (SSSR count). The van der Waals surface area contributed by atoms with Crippen LogP contribution >= 0.6 is 0 Å². The molecule has 4 nitrogen and oxygen atoms in total. The summed E-state index contributed by atoms with van der Waals surface area (Å²) < 4.78 is 10.6. The molecule has 0 bridgehead atoms. The van der Waals surface area contributed by atoms with Crippen molar-refractivity contribution in [3.05, 3.63) is 90.0 Å². The van der Waals surface area contributed by atoms with Crippen LogP contribution in [0.4, 0.5) is 5.69 Å². The first-order valence-corrected chi connectivity index (χ1v) is 8.83. The van der Waals surface area contributed by atoms with E-state index in [4.69, 9.17) is 9.47 Å². The molecule has 0 aliphatic heterocycles. The van der Waals surface area contributed by atoms with E-state index >= 15 is 0 Å². The van der Waals surface area contributed by atoms with Gasteiger partial charge in [-0.05, 0) is 35.9 Å². The number of benzene rings is 3. The van der Waals surface area contributed by atoms with Crippen molar-refractivity contribution in [1.82, 2.24) is 0 Å². The number of carbonyl (C=O) groups excluding carboxylic acids is 1. The minimum Gasteiger partial charge on any atom is -0.493 e. The summed E-state index contributed by atoms with van der Waals surface area (Å²) in [5.74, 6) is 1.19. The van der Waals surface area contributed by atoms with Gasteiger partial charge in [-0.2, -0.15) is 0 Å². The lowest BCUT2D eigenvalue weighted by molar-refractivity contribution is 0.0976. The molecule has 138 valence electrons. The van der Waals surface area contributed by atoms with Crippen LogP contribution in [0.5, 0.6) is 11.5 Å². The van der Waals surface area contributed by atoms with E-state index in [9.17, 15) is 4.79 Å². The molecule has 1 N–H and O–H groups in total. The van der Waals surface area contributed by atoms with Crippen LogP contribution in [-0.4, -0.2) is 20.0 Å². The van der Waals surface area contributed by atoms with Crippen molar-refractivity contribution in [2.75, 3.05) is 19.5 Å². The van der Waals surface area contributed by atoms with E-state index in [1.54, 1.807) is 32.4 Å². The van der Waals surface area contributed by atoms with Gasteiger partial charge in [0.25, 0.3) is 0 Å². The van der Waals surface area contributed by atoms with Crippen LogP contribution in [0.2, 0.25) is 0 Å². The summed E-state index contributed by atoms with van der Waals surface area (Å²) in [5, 5.41) is 3.47. The lowest BCUT2D eigenvalue weighted by Crippen LogP contribution is -2.16. The average Bonchev–Trinajstić information content (AvgIpc) is 2.74. The van der Waals surface area contributed by atoms with Crippen molar-refractivity contribution >= 4 is 11.5 Å². The normalized spacial score (nSPS) is 11.5. The Balaban J connectivity index is 1.84. The second-order valence-corrected chi connectivity index (χ2v) is 6.17. The molecule has 0 spiro atoms. The Bertz CT molecular complexity index is 879. The van der Waals surface area contributed by atoms with E-state index in [0.717, 1.165) is 11.3 Å². The highest BCUT2D eigenvalue weighted by molar-refractivity contribution is 5.97. The average molecular weight is 361 g/mol. The van der Waals surface area contributed by atoms with Crippen molar-refractivity contribution in [3.63, 3.8) is 0 Å². The van der Waals surface area contributed by atoms with Gasteiger partial charge in [-0.3, -0.25) is 4.79 Å². The molecule has 0 aromatic heterocycles. The zero-order valence-electron chi connectivity index (χ0n) is 15.5. The summed E-state index contributed by atoms with van der Waals surface area (Å²) in [7, 11) is 3.14. The smallest absolute Gasteiger partial charge is 0.165 e. The molecule has 0 saturated carbocycles. The summed E-state index contributed by atoms with van der Waals surface area (Å²) in [4.78, 5) is 13.0. The zero-order valence-corrected chi connectivity index (χ0v) is 15.5. The van der Waals surface area contributed by atoms with Crippen molar-refractivity contribution in [1.29, 1.82) is 0 Å². The van der Waals surface area contributed by atoms with Crippen LogP contribution in [0.3, 0.4) is 0 Å². The number of nitrogens with one attached hydrogen (secondary N) is 1. The Kier molecular flexibility index (Phi) is 6.10. The van der Waals surface area contributed by atoms with Crippen LogP contribution < -0.4 is 14.8 Å². The Hall–Kier alpha value is -3.27. The SMILES string of the molecule is COc1ccc(C(=O)CC(Nc2ccccc2)c2ccccc2)cc1OC. The highest BCUT2D eigenvalue weighted by Crippen LogP contribution is 2.30. The second kappa shape index (κ2) is 8.90. The predicted octanol–water partition coefficient (Wildman–Crippen LogP) is 5.13. The van der Waals surface area contributed by atoms with Gasteiger partial charge in [0.15, 0.2) is 17.3 Å². The molecule has 4 heteroatoms. The first-order valence-electron chi connectivity index (χ1n) is 8.83. The molecule has 0 radical (unpaired) electrons. The maximum absolute atomic E-state index is 13.0. The number of rotatable bonds is 8. The maximum atomic E-state index is 13.0. The standard InChI is InChI=1S/C23H23NO3/c1-26-22-14-13-18(15-23(22)27-2)21(25)16-20(17-9-5-3-6-10-17)24-19-11-7-4-8-12-19/h3-15,20,24H,16H2,1-2H3. The van der Waals surface area contributed by atoms with Crippen LogP contribution in [0.15, 0.2) is 78.9 Å². The van der Waals surface area contributed by atoms with Gasteiger partial charge in [-0.15, -0.1) is 0 Å². The number of hydrogen-bond donors (Lipinski definition) is 1. The molecule has 3 aromatic rings. The van der Waals surface area contributed by atoms with Crippen LogP contribution in [-0.2, 0) is 0 Å². The highest BCUT2D eigenvalue weighted by atomic mass is 16.5. The van der Waals surface area contributed by atoms with Gasteiger partial charge in [-0.1, -0.05) is 48.5 Å². The molecule has 3 aromatic carbocycles. The molecular formula is C23H23NO3. The van der Waals surface area contributed by atoms with Gasteiger partial charge >= 0.3 is 0 Å². The van der Waals surface area contributed by atoms with Crippen molar-refractivity contribution in [2.45, 2.75) is 12.5 Å². The highest BCUT2D eigenvalue weighted by Gasteiger charge is 2.18. The second-order valence-electron chi connectivity index (χ2n) is 6.17. The third-order valence-electron chi connectivity index (χ3n) is 4.41. The summed E-state index contributed by atoms with van der Waals surface area (Å²) in [6.07, 6.45) is 0.328. The Morgan fingerprint density at radius 2 is 1.48 bits per heavy atom. The molecule has 0 aliphatic rings. The zero-order chi connectivity index (χ0) is 19.1. The molecule has 0 saturated heterocycles. The Labute approximate surface area is 159 Å². The summed E-state index contributed by atoms with van der Waals surface area (Å²) >= 11 is 0. The van der Waals surface area contributed by atoms with E-state index in [1.807, 2.05) is 60.7 Å². The first-order chi connectivity index (χ1) is 13.2. The Morgan fingerprint density at radius 3 is 2.11 bits per heavy atom. The molecule has 0 amide bonds. The van der Waals surface area contributed by atoms with Gasteiger partial charge < -0.3 is 14.8 Å². The Morgan fingerprint density at radius 1 is 0.852 bits per heavy atom. The van der Waals surface area contributed by atoms with Crippen LogP contribution in [0, 0.1) is 0 Å². The van der Waals surface area contributed by atoms with Gasteiger partial charge in [0, 0.05) is 17.7 Å². The number of Topliss-reactive ketones (excluding diaryl/α,β-unsaturated/α-hetero) is 1. The lowest BCUT2D eigenvalue weighted by atomic mass is 9.97.